The van der Waals surface area contributed by atoms with Gasteiger partial charge in [0.15, 0.2) is 0 Å². The highest BCUT2D eigenvalue weighted by atomic mass is 32.2. The van der Waals surface area contributed by atoms with Crippen molar-refractivity contribution < 1.29 is 14.3 Å². The van der Waals surface area contributed by atoms with Crippen LogP contribution >= 0.6 is 11.8 Å². The van der Waals surface area contributed by atoms with Crippen molar-refractivity contribution in [1.82, 2.24) is 5.32 Å². The molecule has 1 aliphatic rings. The molecule has 1 aliphatic heterocycles. The summed E-state index contributed by atoms with van der Waals surface area (Å²) < 4.78 is 5.33. The van der Waals surface area contributed by atoms with Crippen LogP contribution in [0.2, 0.25) is 0 Å². The minimum absolute atomic E-state index is 0.0535. The fourth-order valence-electron chi connectivity index (χ4n) is 2.34. The van der Waals surface area contributed by atoms with E-state index in [0.29, 0.717) is 18.0 Å². The molecular weight excluding hydrogens is 288 g/mol. The van der Waals surface area contributed by atoms with E-state index in [-0.39, 0.29) is 17.1 Å². The molecule has 1 atom stereocenters. The number of carbonyl (C=O) groups is 2. The van der Waals surface area contributed by atoms with Crippen molar-refractivity contribution in [2.45, 2.75) is 18.1 Å². The summed E-state index contributed by atoms with van der Waals surface area (Å²) in [5.41, 5.74) is 0.801. The van der Waals surface area contributed by atoms with Crippen molar-refractivity contribution in [2.24, 2.45) is 0 Å². The van der Waals surface area contributed by atoms with Crippen molar-refractivity contribution in [2.75, 3.05) is 31.4 Å². The zero-order chi connectivity index (χ0) is 15.2. The van der Waals surface area contributed by atoms with Crippen LogP contribution in [-0.4, -0.2) is 43.5 Å². The molecule has 5 nitrogen and oxygen atoms in total. The predicted octanol–water partition coefficient (Wildman–Crippen LogP) is 1.67. The number of rotatable bonds is 5. The summed E-state index contributed by atoms with van der Waals surface area (Å²) in [6.07, 6.45) is 1.74. The zero-order valence-electron chi connectivity index (χ0n) is 12.3. The van der Waals surface area contributed by atoms with E-state index >= 15 is 0 Å². The van der Waals surface area contributed by atoms with Crippen LogP contribution in [-0.2, 0) is 9.59 Å². The fraction of sp³-hybridized carbons (Fsp3) is 0.467. The number of piperidine rings is 1. The normalized spacial score (nSPS) is 18.5. The van der Waals surface area contributed by atoms with Gasteiger partial charge < -0.3 is 15.0 Å². The molecule has 1 saturated heterocycles. The number of methoxy groups -OCH3 is 1. The average Bonchev–Trinajstić information content (AvgIpc) is 2.53. The molecule has 1 fully saturated rings. The smallest absolute Gasteiger partial charge is 0.240 e. The van der Waals surface area contributed by atoms with Crippen LogP contribution in [0.25, 0.3) is 0 Å². The SMILES string of the molecule is CNC(=O)CS[C@H]1CCCN(c2ccccc2OC)C1=O. The molecule has 2 amide bonds. The molecule has 2 rings (SSSR count). The Morgan fingerprint density at radius 3 is 2.95 bits per heavy atom. The predicted molar refractivity (Wildman–Crippen MR) is 84.9 cm³/mol. The van der Waals surface area contributed by atoms with Crippen molar-refractivity contribution in [1.29, 1.82) is 0 Å². The van der Waals surface area contributed by atoms with Gasteiger partial charge in [0.1, 0.15) is 5.75 Å². The van der Waals surface area contributed by atoms with Crippen LogP contribution in [0.4, 0.5) is 5.69 Å². The molecule has 114 valence electrons. The molecule has 0 unspecified atom stereocenters. The van der Waals surface area contributed by atoms with Gasteiger partial charge in [0, 0.05) is 13.6 Å². The lowest BCUT2D eigenvalue weighted by molar-refractivity contribution is -0.119. The Kier molecular flexibility index (Phi) is 5.50. The van der Waals surface area contributed by atoms with Crippen molar-refractivity contribution in [3.8, 4) is 5.75 Å². The van der Waals surface area contributed by atoms with Gasteiger partial charge in [-0.05, 0) is 25.0 Å². The maximum absolute atomic E-state index is 12.6. The quantitative estimate of drug-likeness (QED) is 0.899. The van der Waals surface area contributed by atoms with Gasteiger partial charge in [0.05, 0.1) is 23.8 Å². The number of carbonyl (C=O) groups excluding carboxylic acids is 2. The number of amides is 2. The van der Waals surface area contributed by atoms with Gasteiger partial charge in [-0.15, -0.1) is 11.8 Å². The minimum atomic E-state index is -0.166. The van der Waals surface area contributed by atoms with Gasteiger partial charge in [-0.3, -0.25) is 9.59 Å². The highest BCUT2D eigenvalue weighted by Crippen LogP contribution is 2.33. The Morgan fingerprint density at radius 2 is 2.24 bits per heavy atom. The number of para-hydroxylation sites is 2. The summed E-state index contributed by atoms with van der Waals surface area (Å²) in [4.78, 5) is 25.7. The maximum Gasteiger partial charge on any atom is 0.240 e. The van der Waals surface area contributed by atoms with Gasteiger partial charge in [0.25, 0.3) is 0 Å². The molecular formula is C15H20N2O3S. The number of anilines is 1. The largest absolute Gasteiger partial charge is 0.495 e. The number of ether oxygens (including phenoxy) is 1. The first kappa shape index (κ1) is 15.7. The van der Waals surface area contributed by atoms with Crippen LogP contribution in [0.15, 0.2) is 24.3 Å². The summed E-state index contributed by atoms with van der Waals surface area (Å²) in [7, 11) is 3.21. The molecule has 0 saturated carbocycles. The van der Waals surface area contributed by atoms with Gasteiger partial charge in [-0.25, -0.2) is 0 Å². The van der Waals surface area contributed by atoms with E-state index in [9.17, 15) is 9.59 Å². The average molecular weight is 308 g/mol. The lowest BCUT2D eigenvalue weighted by Crippen LogP contribution is -2.43. The van der Waals surface area contributed by atoms with Crippen LogP contribution in [0.1, 0.15) is 12.8 Å². The van der Waals surface area contributed by atoms with Gasteiger partial charge in [0.2, 0.25) is 11.8 Å². The summed E-state index contributed by atoms with van der Waals surface area (Å²) >= 11 is 1.41. The summed E-state index contributed by atoms with van der Waals surface area (Å²) in [6.45, 7) is 0.691. The highest BCUT2D eigenvalue weighted by Gasteiger charge is 2.31. The second-order valence-electron chi connectivity index (χ2n) is 4.78. The summed E-state index contributed by atoms with van der Waals surface area (Å²) in [5, 5.41) is 2.41. The molecule has 1 heterocycles. The number of nitrogens with zero attached hydrogens (tertiary/aromatic N) is 1. The third-order valence-electron chi connectivity index (χ3n) is 3.46. The summed E-state index contributed by atoms with van der Waals surface area (Å²) in [6, 6.07) is 7.52. The van der Waals surface area contributed by atoms with Crippen molar-refractivity contribution in [3.05, 3.63) is 24.3 Å². The Balaban J connectivity index is 2.10. The monoisotopic (exact) mass is 308 g/mol. The standard InChI is InChI=1S/C15H20N2O3S/c1-16-14(18)10-21-13-8-5-9-17(15(13)19)11-6-3-4-7-12(11)20-2/h3-4,6-7,13H,5,8-10H2,1-2H3,(H,16,18)/t13-/m0/s1. The topological polar surface area (TPSA) is 58.6 Å². The molecule has 0 radical (unpaired) electrons. The van der Waals surface area contributed by atoms with E-state index in [1.165, 1.54) is 11.8 Å². The summed E-state index contributed by atoms with van der Waals surface area (Å²) in [5.74, 6) is 1.01. The Bertz CT molecular complexity index is 521. The van der Waals surface area contributed by atoms with E-state index in [4.69, 9.17) is 4.74 Å². The Labute approximate surface area is 129 Å². The molecule has 0 spiro atoms. The fourth-order valence-corrected chi connectivity index (χ4v) is 3.44. The molecule has 0 bridgehead atoms. The van der Waals surface area contributed by atoms with E-state index in [0.717, 1.165) is 18.5 Å². The van der Waals surface area contributed by atoms with Crippen LogP contribution in [0, 0.1) is 0 Å². The first-order chi connectivity index (χ1) is 10.2. The lowest BCUT2D eigenvalue weighted by atomic mass is 10.1. The molecule has 21 heavy (non-hydrogen) atoms. The number of thioether (sulfide) groups is 1. The maximum atomic E-state index is 12.6. The van der Waals surface area contributed by atoms with E-state index in [1.54, 1.807) is 19.1 Å². The molecule has 1 aromatic carbocycles. The first-order valence-electron chi connectivity index (χ1n) is 6.94. The number of nitrogens with one attached hydrogen (secondary N) is 1. The van der Waals surface area contributed by atoms with Crippen molar-refractivity contribution in [3.63, 3.8) is 0 Å². The van der Waals surface area contributed by atoms with Gasteiger partial charge >= 0.3 is 0 Å². The molecule has 6 heteroatoms. The second-order valence-corrected chi connectivity index (χ2v) is 5.97. The lowest BCUT2D eigenvalue weighted by Gasteiger charge is -2.32. The Morgan fingerprint density at radius 1 is 1.48 bits per heavy atom. The van der Waals surface area contributed by atoms with Gasteiger partial charge in [-0.2, -0.15) is 0 Å². The third kappa shape index (κ3) is 3.69. The van der Waals surface area contributed by atoms with Crippen LogP contribution in [0.3, 0.4) is 0 Å². The third-order valence-corrected chi connectivity index (χ3v) is 4.73. The second kappa shape index (κ2) is 7.36. The van der Waals surface area contributed by atoms with Gasteiger partial charge in [-0.1, -0.05) is 12.1 Å². The molecule has 1 aromatic rings. The number of benzene rings is 1. The van der Waals surface area contributed by atoms with E-state index in [2.05, 4.69) is 5.32 Å². The van der Waals surface area contributed by atoms with Crippen molar-refractivity contribution >= 4 is 29.3 Å². The van der Waals surface area contributed by atoms with Crippen LogP contribution < -0.4 is 15.0 Å². The zero-order valence-corrected chi connectivity index (χ0v) is 13.1. The van der Waals surface area contributed by atoms with Crippen LogP contribution in [0.5, 0.6) is 5.75 Å². The Hall–Kier alpha value is -1.69. The van der Waals surface area contributed by atoms with E-state index in [1.807, 2.05) is 24.3 Å². The first-order valence-corrected chi connectivity index (χ1v) is 7.99. The number of hydrogen-bond donors (Lipinski definition) is 1. The minimum Gasteiger partial charge on any atom is -0.495 e. The van der Waals surface area contributed by atoms with E-state index < -0.39 is 0 Å². The highest BCUT2D eigenvalue weighted by molar-refractivity contribution is 8.01. The molecule has 0 aromatic heterocycles. The number of hydrogen-bond acceptors (Lipinski definition) is 4. The molecule has 1 N–H and O–H groups in total. The molecule has 0 aliphatic carbocycles.